The fourth-order valence-corrected chi connectivity index (χ4v) is 3.68. The number of H-pyrrole nitrogens is 1. The van der Waals surface area contributed by atoms with Gasteiger partial charge in [0.25, 0.3) is 11.8 Å². The van der Waals surface area contributed by atoms with E-state index in [0.717, 1.165) is 5.56 Å². The van der Waals surface area contributed by atoms with Crippen molar-refractivity contribution >= 4 is 46.0 Å². The molecular weight excluding hydrogens is 465 g/mol. The van der Waals surface area contributed by atoms with E-state index in [1.165, 1.54) is 24.5 Å². The summed E-state index contributed by atoms with van der Waals surface area (Å²) < 4.78 is 18.7. The molecule has 0 bridgehead atoms. The minimum atomic E-state index is -0.528. The summed E-state index contributed by atoms with van der Waals surface area (Å²) in [4.78, 5) is 32.6. The summed E-state index contributed by atoms with van der Waals surface area (Å²) in [6.07, 6.45) is 1.28. The Morgan fingerprint density at radius 3 is 2.82 bits per heavy atom. The number of aromatic amines is 1. The molecule has 0 radical (unpaired) electrons. The maximum absolute atomic E-state index is 13.3. The second-order valence-electron chi connectivity index (χ2n) is 7.47. The summed E-state index contributed by atoms with van der Waals surface area (Å²) in [5.41, 5.74) is 3.05. The third-order valence-corrected chi connectivity index (χ3v) is 5.43. The van der Waals surface area contributed by atoms with Crippen LogP contribution in [0.3, 0.4) is 0 Å². The second kappa shape index (κ2) is 8.94. The quantitative estimate of drug-likeness (QED) is 0.332. The molecule has 0 aliphatic carbocycles. The van der Waals surface area contributed by atoms with Gasteiger partial charge in [0, 0.05) is 13.1 Å². The third kappa shape index (κ3) is 4.33. The van der Waals surface area contributed by atoms with Crippen LogP contribution in [0.25, 0.3) is 11.0 Å². The molecule has 1 aliphatic rings. The van der Waals surface area contributed by atoms with Crippen molar-refractivity contribution in [3.05, 3.63) is 70.4 Å². The number of hydrogen-bond donors (Lipinski definition) is 4. The lowest BCUT2D eigenvalue weighted by molar-refractivity contribution is -0.118. The Balaban J connectivity index is 1.29. The van der Waals surface area contributed by atoms with E-state index in [-0.39, 0.29) is 29.8 Å². The molecule has 0 spiro atoms. The second-order valence-corrected chi connectivity index (χ2v) is 7.88. The Kier molecular flexibility index (Phi) is 5.68. The van der Waals surface area contributed by atoms with E-state index in [9.17, 15) is 14.0 Å². The maximum atomic E-state index is 13.3. The standard InChI is InChI=1S/C22H17ClFN7O3/c23-13-5-11(1-3-14(13)24)8-26-22(33)20-18-19(27-10-28-20)21(31-30-18)25-7-12-2-4-16-15(6-12)29-17(32)9-34-16/h1-6,10H,7-9H2,(H,26,33)(H,29,32)(H2,25,30,31). The average Bonchev–Trinajstić information content (AvgIpc) is 3.26. The number of carbonyl (C=O) groups excluding carboxylic acids is 2. The van der Waals surface area contributed by atoms with E-state index in [4.69, 9.17) is 16.3 Å². The number of nitrogens with zero attached hydrogens (tertiary/aromatic N) is 3. The summed E-state index contributed by atoms with van der Waals surface area (Å²) in [6, 6.07) is 9.69. The molecule has 0 saturated heterocycles. The van der Waals surface area contributed by atoms with Crippen LogP contribution in [0.4, 0.5) is 15.9 Å². The van der Waals surface area contributed by atoms with Gasteiger partial charge in [0.2, 0.25) is 0 Å². The summed E-state index contributed by atoms with van der Waals surface area (Å²) in [6.45, 7) is 0.527. The van der Waals surface area contributed by atoms with Gasteiger partial charge in [-0.1, -0.05) is 23.7 Å². The SMILES string of the molecule is O=C1COc2ccc(CNc3n[nH]c4c(C(=O)NCc5ccc(F)c(Cl)c5)ncnc34)cc2N1. The van der Waals surface area contributed by atoms with Crippen molar-refractivity contribution in [3.8, 4) is 5.75 Å². The van der Waals surface area contributed by atoms with Gasteiger partial charge in [-0.2, -0.15) is 5.10 Å². The van der Waals surface area contributed by atoms with Crippen LogP contribution < -0.4 is 20.7 Å². The first-order valence-corrected chi connectivity index (χ1v) is 10.6. The van der Waals surface area contributed by atoms with Gasteiger partial charge in [-0.15, -0.1) is 0 Å². The molecule has 1 aliphatic heterocycles. The number of hydrogen-bond acceptors (Lipinski definition) is 7. The third-order valence-electron chi connectivity index (χ3n) is 5.14. The summed E-state index contributed by atoms with van der Waals surface area (Å²) in [5, 5.41) is 15.7. The van der Waals surface area contributed by atoms with Gasteiger partial charge in [-0.05, 0) is 35.4 Å². The lowest BCUT2D eigenvalue weighted by atomic mass is 10.1. The molecule has 2 aromatic carbocycles. The fraction of sp³-hybridized carbons (Fsp3) is 0.136. The summed E-state index contributed by atoms with van der Waals surface area (Å²) in [7, 11) is 0. The molecule has 0 saturated carbocycles. The maximum Gasteiger partial charge on any atom is 0.272 e. The average molecular weight is 482 g/mol. The monoisotopic (exact) mass is 481 g/mol. The van der Waals surface area contributed by atoms with E-state index >= 15 is 0 Å². The summed E-state index contributed by atoms with van der Waals surface area (Å²) in [5.74, 6) is -0.135. The number of carbonyl (C=O) groups is 2. The normalized spacial score (nSPS) is 12.6. The highest BCUT2D eigenvalue weighted by molar-refractivity contribution is 6.30. The Morgan fingerprint density at radius 1 is 1.15 bits per heavy atom. The summed E-state index contributed by atoms with van der Waals surface area (Å²) >= 11 is 5.79. The number of ether oxygens (including phenoxy) is 1. The highest BCUT2D eigenvalue weighted by atomic mass is 35.5. The number of halogens is 2. The topological polar surface area (TPSA) is 134 Å². The molecule has 4 N–H and O–H groups in total. The molecule has 10 nitrogen and oxygen atoms in total. The molecule has 12 heteroatoms. The van der Waals surface area contributed by atoms with Gasteiger partial charge in [0.05, 0.1) is 10.7 Å². The molecule has 3 heterocycles. The van der Waals surface area contributed by atoms with Crippen molar-refractivity contribution in [3.63, 3.8) is 0 Å². The predicted molar refractivity (Wildman–Crippen MR) is 122 cm³/mol. The predicted octanol–water partition coefficient (Wildman–Crippen LogP) is 3.02. The lowest BCUT2D eigenvalue weighted by Gasteiger charge is -2.18. The molecule has 0 fully saturated rings. The zero-order chi connectivity index (χ0) is 23.7. The van der Waals surface area contributed by atoms with Gasteiger partial charge in [-0.3, -0.25) is 14.7 Å². The zero-order valence-electron chi connectivity index (χ0n) is 17.5. The van der Waals surface area contributed by atoms with Gasteiger partial charge in [-0.25, -0.2) is 14.4 Å². The molecule has 2 aromatic heterocycles. The van der Waals surface area contributed by atoms with Crippen molar-refractivity contribution in [2.45, 2.75) is 13.1 Å². The first kappa shape index (κ1) is 21.6. The van der Waals surface area contributed by atoms with Gasteiger partial charge in [0.1, 0.15) is 28.9 Å². The molecular formula is C22H17ClFN7O3. The number of nitrogens with one attached hydrogen (secondary N) is 4. The van der Waals surface area contributed by atoms with Crippen LogP contribution in [0.5, 0.6) is 5.75 Å². The van der Waals surface area contributed by atoms with Crippen molar-refractivity contribution in [1.82, 2.24) is 25.5 Å². The van der Waals surface area contributed by atoms with Crippen LogP contribution in [0.15, 0.2) is 42.7 Å². The molecule has 172 valence electrons. The van der Waals surface area contributed by atoms with Crippen LogP contribution in [0.1, 0.15) is 21.6 Å². The van der Waals surface area contributed by atoms with Gasteiger partial charge in [0.15, 0.2) is 18.1 Å². The van der Waals surface area contributed by atoms with Gasteiger partial charge < -0.3 is 20.7 Å². The van der Waals surface area contributed by atoms with Crippen molar-refractivity contribution < 1.29 is 18.7 Å². The van der Waals surface area contributed by atoms with Crippen LogP contribution in [-0.4, -0.2) is 38.6 Å². The molecule has 34 heavy (non-hydrogen) atoms. The highest BCUT2D eigenvalue weighted by Crippen LogP contribution is 2.29. The van der Waals surface area contributed by atoms with E-state index < -0.39 is 11.7 Å². The molecule has 0 atom stereocenters. The Hall–Kier alpha value is -4.25. The number of amides is 2. The smallest absolute Gasteiger partial charge is 0.272 e. The zero-order valence-corrected chi connectivity index (χ0v) is 18.2. The van der Waals surface area contributed by atoms with Crippen molar-refractivity contribution in [1.29, 1.82) is 0 Å². The molecule has 0 unspecified atom stereocenters. The Morgan fingerprint density at radius 2 is 1.97 bits per heavy atom. The van der Waals surface area contributed by atoms with E-state index in [1.54, 1.807) is 6.07 Å². The first-order valence-electron chi connectivity index (χ1n) is 10.2. The molecule has 5 rings (SSSR count). The van der Waals surface area contributed by atoms with Crippen molar-refractivity contribution in [2.75, 3.05) is 17.2 Å². The molecule has 2 amide bonds. The van der Waals surface area contributed by atoms with E-state index in [0.29, 0.717) is 40.4 Å². The minimum Gasteiger partial charge on any atom is -0.482 e. The highest BCUT2D eigenvalue weighted by Gasteiger charge is 2.19. The van der Waals surface area contributed by atoms with Crippen LogP contribution in [0.2, 0.25) is 5.02 Å². The number of rotatable bonds is 6. The number of fused-ring (bicyclic) bond motifs is 2. The number of anilines is 2. The number of aromatic nitrogens is 4. The van der Waals surface area contributed by atoms with E-state index in [2.05, 4.69) is 36.1 Å². The largest absolute Gasteiger partial charge is 0.482 e. The molecule has 4 aromatic rings. The van der Waals surface area contributed by atoms with Crippen LogP contribution >= 0.6 is 11.6 Å². The number of benzene rings is 2. The Labute approximate surface area is 196 Å². The van der Waals surface area contributed by atoms with Crippen LogP contribution in [-0.2, 0) is 17.9 Å². The first-order chi connectivity index (χ1) is 16.5. The van der Waals surface area contributed by atoms with Crippen molar-refractivity contribution in [2.24, 2.45) is 0 Å². The lowest BCUT2D eigenvalue weighted by Crippen LogP contribution is -2.25. The van der Waals surface area contributed by atoms with E-state index in [1.807, 2.05) is 12.1 Å². The fourth-order valence-electron chi connectivity index (χ4n) is 3.47. The van der Waals surface area contributed by atoms with Gasteiger partial charge >= 0.3 is 0 Å². The Bertz CT molecular complexity index is 1430. The van der Waals surface area contributed by atoms with Crippen LogP contribution in [0, 0.1) is 5.82 Å². The minimum absolute atomic E-state index is 0.00286.